The lowest BCUT2D eigenvalue weighted by Crippen LogP contribution is -2.02. The standard InChI is InChI=1S/C17H12ClNO2/c18-15-13(5-2-6-14(15)16(20)21)11-3-1-4-12(9-11)17(10-19)7-8-17/h1-6,9H,7-8H2,(H,20,21). The van der Waals surface area contributed by atoms with Gasteiger partial charge in [0.2, 0.25) is 0 Å². The van der Waals surface area contributed by atoms with Gasteiger partial charge in [-0.3, -0.25) is 0 Å². The molecular weight excluding hydrogens is 286 g/mol. The van der Waals surface area contributed by atoms with E-state index in [0.717, 1.165) is 24.0 Å². The van der Waals surface area contributed by atoms with E-state index in [-0.39, 0.29) is 16.0 Å². The van der Waals surface area contributed by atoms with E-state index >= 15 is 0 Å². The van der Waals surface area contributed by atoms with Gasteiger partial charge in [-0.2, -0.15) is 5.26 Å². The Kier molecular flexibility index (Phi) is 3.19. The molecule has 0 bridgehead atoms. The third-order valence-electron chi connectivity index (χ3n) is 3.92. The predicted molar refractivity (Wildman–Crippen MR) is 80.4 cm³/mol. The van der Waals surface area contributed by atoms with Crippen LogP contribution < -0.4 is 0 Å². The van der Waals surface area contributed by atoms with Crippen LogP contribution in [0.1, 0.15) is 28.8 Å². The highest BCUT2D eigenvalue weighted by Gasteiger charge is 2.44. The Bertz CT molecular complexity index is 773. The van der Waals surface area contributed by atoms with Crippen molar-refractivity contribution in [2.75, 3.05) is 0 Å². The normalized spacial score (nSPS) is 15.2. The molecule has 3 nitrogen and oxygen atoms in total. The van der Waals surface area contributed by atoms with Crippen molar-refractivity contribution in [3.8, 4) is 17.2 Å². The maximum absolute atomic E-state index is 11.2. The van der Waals surface area contributed by atoms with Gasteiger partial charge in [-0.1, -0.05) is 41.9 Å². The first-order valence-corrected chi connectivity index (χ1v) is 6.99. The zero-order valence-corrected chi connectivity index (χ0v) is 11.9. The van der Waals surface area contributed by atoms with Crippen LogP contribution in [0, 0.1) is 11.3 Å². The van der Waals surface area contributed by atoms with Gasteiger partial charge < -0.3 is 5.11 Å². The number of carbonyl (C=O) groups is 1. The van der Waals surface area contributed by atoms with Crippen molar-refractivity contribution in [3.63, 3.8) is 0 Å². The molecule has 1 saturated carbocycles. The monoisotopic (exact) mass is 297 g/mol. The smallest absolute Gasteiger partial charge is 0.337 e. The van der Waals surface area contributed by atoms with Gasteiger partial charge in [0.1, 0.15) is 0 Å². The van der Waals surface area contributed by atoms with Crippen molar-refractivity contribution in [1.29, 1.82) is 5.26 Å². The van der Waals surface area contributed by atoms with Crippen LogP contribution in [-0.4, -0.2) is 11.1 Å². The number of hydrogen-bond acceptors (Lipinski definition) is 2. The van der Waals surface area contributed by atoms with E-state index in [1.165, 1.54) is 6.07 Å². The van der Waals surface area contributed by atoms with Crippen molar-refractivity contribution in [2.24, 2.45) is 0 Å². The molecule has 4 heteroatoms. The lowest BCUT2D eigenvalue weighted by atomic mass is 9.93. The Hall–Kier alpha value is -2.31. The molecule has 104 valence electrons. The molecule has 1 fully saturated rings. The van der Waals surface area contributed by atoms with E-state index < -0.39 is 5.97 Å². The highest BCUT2D eigenvalue weighted by molar-refractivity contribution is 6.36. The minimum atomic E-state index is -1.05. The Morgan fingerprint density at radius 3 is 2.57 bits per heavy atom. The van der Waals surface area contributed by atoms with Crippen LogP contribution in [0.4, 0.5) is 0 Å². The number of hydrogen-bond donors (Lipinski definition) is 1. The summed E-state index contributed by atoms with van der Waals surface area (Å²) in [5.74, 6) is -1.05. The fraction of sp³-hybridized carbons (Fsp3) is 0.176. The van der Waals surface area contributed by atoms with Crippen molar-refractivity contribution in [2.45, 2.75) is 18.3 Å². The molecule has 0 heterocycles. The zero-order valence-electron chi connectivity index (χ0n) is 11.1. The maximum atomic E-state index is 11.2. The number of halogens is 1. The lowest BCUT2D eigenvalue weighted by molar-refractivity contribution is 0.0697. The lowest BCUT2D eigenvalue weighted by Gasteiger charge is -2.11. The molecule has 0 saturated heterocycles. The molecule has 0 atom stereocenters. The second-order valence-corrected chi connectivity index (χ2v) is 5.62. The van der Waals surface area contributed by atoms with Crippen LogP contribution in [-0.2, 0) is 5.41 Å². The number of carboxylic acids is 1. The van der Waals surface area contributed by atoms with Crippen LogP contribution in [0.3, 0.4) is 0 Å². The molecule has 2 aromatic carbocycles. The van der Waals surface area contributed by atoms with Crippen LogP contribution >= 0.6 is 11.6 Å². The van der Waals surface area contributed by atoms with Crippen molar-refractivity contribution >= 4 is 17.6 Å². The second kappa shape index (κ2) is 4.91. The Morgan fingerprint density at radius 2 is 1.95 bits per heavy atom. The highest BCUT2D eigenvalue weighted by atomic mass is 35.5. The van der Waals surface area contributed by atoms with E-state index in [2.05, 4.69) is 6.07 Å². The Morgan fingerprint density at radius 1 is 1.24 bits per heavy atom. The molecule has 1 aliphatic carbocycles. The minimum absolute atomic E-state index is 0.0842. The summed E-state index contributed by atoms with van der Waals surface area (Å²) < 4.78 is 0. The molecule has 0 amide bonds. The number of nitrogens with zero attached hydrogens (tertiary/aromatic N) is 1. The predicted octanol–water partition coefficient (Wildman–Crippen LogP) is 4.26. The first kappa shape index (κ1) is 13.7. The molecule has 3 rings (SSSR count). The number of benzene rings is 2. The average Bonchev–Trinajstić information content (AvgIpc) is 3.28. The summed E-state index contributed by atoms with van der Waals surface area (Å²) in [6, 6.07) is 14.9. The summed E-state index contributed by atoms with van der Waals surface area (Å²) in [4.78, 5) is 11.2. The molecule has 0 aliphatic heterocycles. The van der Waals surface area contributed by atoms with E-state index in [1.807, 2.05) is 24.3 Å². The van der Waals surface area contributed by atoms with Gasteiger partial charge in [-0.15, -0.1) is 0 Å². The summed E-state index contributed by atoms with van der Waals surface area (Å²) in [6.07, 6.45) is 1.74. The first-order chi connectivity index (χ1) is 10.1. The fourth-order valence-electron chi connectivity index (χ4n) is 2.49. The molecule has 2 aromatic rings. The number of rotatable bonds is 3. The van der Waals surface area contributed by atoms with Crippen LogP contribution in [0.25, 0.3) is 11.1 Å². The summed E-state index contributed by atoms with van der Waals surface area (Å²) in [6.45, 7) is 0. The van der Waals surface area contributed by atoms with Gasteiger partial charge >= 0.3 is 5.97 Å². The van der Waals surface area contributed by atoms with Gasteiger partial charge in [0.25, 0.3) is 0 Å². The molecule has 0 spiro atoms. The number of nitriles is 1. The molecule has 0 aromatic heterocycles. The molecule has 1 aliphatic rings. The summed E-state index contributed by atoms with van der Waals surface area (Å²) >= 11 is 6.21. The third kappa shape index (κ3) is 2.28. The SMILES string of the molecule is N#CC1(c2cccc(-c3cccc(C(=O)O)c3Cl)c2)CC1. The highest BCUT2D eigenvalue weighted by Crippen LogP contribution is 2.48. The van der Waals surface area contributed by atoms with Crippen LogP contribution in [0.5, 0.6) is 0 Å². The van der Waals surface area contributed by atoms with Crippen molar-refractivity contribution < 1.29 is 9.90 Å². The number of carboxylic acid groups (broad SMARTS) is 1. The topological polar surface area (TPSA) is 61.1 Å². The fourth-order valence-corrected chi connectivity index (χ4v) is 2.81. The zero-order chi connectivity index (χ0) is 15.0. The summed E-state index contributed by atoms with van der Waals surface area (Å²) in [5, 5.41) is 18.7. The van der Waals surface area contributed by atoms with Gasteiger partial charge in [0, 0.05) is 5.56 Å². The van der Waals surface area contributed by atoms with E-state index in [0.29, 0.717) is 5.56 Å². The van der Waals surface area contributed by atoms with Gasteiger partial charge in [0.05, 0.1) is 22.1 Å². The quantitative estimate of drug-likeness (QED) is 0.920. The average molecular weight is 298 g/mol. The van der Waals surface area contributed by atoms with Gasteiger partial charge in [-0.05, 0) is 36.1 Å². The summed E-state index contributed by atoms with van der Waals surface area (Å²) in [7, 11) is 0. The molecule has 21 heavy (non-hydrogen) atoms. The molecule has 0 unspecified atom stereocenters. The second-order valence-electron chi connectivity index (χ2n) is 5.25. The molecule has 0 radical (unpaired) electrons. The van der Waals surface area contributed by atoms with E-state index in [9.17, 15) is 10.1 Å². The molecule has 1 N–H and O–H groups in total. The molecular formula is C17H12ClNO2. The van der Waals surface area contributed by atoms with Crippen LogP contribution in [0.15, 0.2) is 42.5 Å². The van der Waals surface area contributed by atoms with Gasteiger partial charge in [-0.25, -0.2) is 4.79 Å². The largest absolute Gasteiger partial charge is 0.478 e. The third-order valence-corrected chi connectivity index (χ3v) is 4.33. The number of aromatic carboxylic acids is 1. The van der Waals surface area contributed by atoms with Crippen LogP contribution in [0.2, 0.25) is 5.02 Å². The minimum Gasteiger partial charge on any atom is -0.478 e. The van der Waals surface area contributed by atoms with E-state index in [1.54, 1.807) is 12.1 Å². The Balaban J connectivity index is 2.10. The first-order valence-electron chi connectivity index (χ1n) is 6.61. The van der Waals surface area contributed by atoms with E-state index in [4.69, 9.17) is 16.7 Å². The van der Waals surface area contributed by atoms with Gasteiger partial charge in [0.15, 0.2) is 0 Å². The Labute approximate surface area is 127 Å². The summed E-state index contributed by atoms with van der Waals surface area (Å²) in [5.41, 5.74) is 2.20. The van der Waals surface area contributed by atoms with Crippen molar-refractivity contribution in [1.82, 2.24) is 0 Å². The van der Waals surface area contributed by atoms with Crippen molar-refractivity contribution in [3.05, 3.63) is 58.6 Å². The maximum Gasteiger partial charge on any atom is 0.337 e.